The van der Waals surface area contributed by atoms with Gasteiger partial charge < -0.3 is 5.73 Å². The third-order valence-corrected chi connectivity index (χ3v) is 0.801. The molecule has 0 aromatic rings. The Hall–Kier alpha value is -1.76. The highest BCUT2D eigenvalue weighted by Crippen LogP contribution is 1.83. The molecule has 0 aliphatic carbocycles. The average molecular weight is 151 g/mol. The number of hydrogen-bond donors (Lipinski definition) is 2. The van der Waals surface area contributed by atoms with Crippen LogP contribution in [0, 0.1) is 12.3 Å². The van der Waals surface area contributed by atoms with Crippen LogP contribution in [0.25, 0.3) is 0 Å². The van der Waals surface area contributed by atoms with E-state index in [2.05, 4.69) is 11.0 Å². The van der Waals surface area contributed by atoms with Crippen molar-refractivity contribution in [2.45, 2.75) is 6.92 Å². The number of hydrogen-bond acceptors (Lipinski definition) is 2. The SMILES string of the molecule is C#C/C(C)=C/C=N/NC(N)=O. The number of rotatable bonds is 2. The lowest BCUT2D eigenvalue weighted by atomic mass is 10.3. The van der Waals surface area contributed by atoms with E-state index in [9.17, 15) is 4.79 Å². The van der Waals surface area contributed by atoms with Crippen molar-refractivity contribution in [1.29, 1.82) is 0 Å². The summed E-state index contributed by atoms with van der Waals surface area (Å²) in [6, 6.07) is -0.701. The van der Waals surface area contributed by atoms with Crippen LogP contribution < -0.4 is 11.2 Å². The molecule has 0 rings (SSSR count). The van der Waals surface area contributed by atoms with Crippen molar-refractivity contribution >= 4 is 12.2 Å². The Balaban J connectivity index is 3.79. The summed E-state index contributed by atoms with van der Waals surface area (Å²) in [4.78, 5) is 10.0. The Labute approximate surface area is 65.2 Å². The number of urea groups is 1. The van der Waals surface area contributed by atoms with Crippen LogP contribution >= 0.6 is 0 Å². The Morgan fingerprint density at radius 1 is 1.82 bits per heavy atom. The normalized spacial score (nSPS) is 11.1. The maximum Gasteiger partial charge on any atom is 0.332 e. The van der Waals surface area contributed by atoms with Gasteiger partial charge in [-0.3, -0.25) is 0 Å². The Kier molecular flexibility index (Phi) is 4.25. The summed E-state index contributed by atoms with van der Waals surface area (Å²) in [5, 5.41) is 3.44. The number of terminal acetylenes is 1. The highest BCUT2D eigenvalue weighted by atomic mass is 16.2. The number of hydrazone groups is 1. The molecule has 0 saturated heterocycles. The summed E-state index contributed by atoms with van der Waals surface area (Å²) < 4.78 is 0. The zero-order valence-corrected chi connectivity index (χ0v) is 6.16. The minimum atomic E-state index is -0.701. The van der Waals surface area contributed by atoms with Crippen LogP contribution in [0.2, 0.25) is 0 Å². The molecule has 4 heteroatoms. The van der Waals surface area contributed by atoms with E-state index < -0.39 is 6.03 Å². The van der Waals surface area contributed by atoms with Crippen LogP contribution in [-0.4, -0.2) is 12.2 Å². The van der Waals surface area contributed by atoms with E-state index >= 15 is 0 Å². The lowest BCUT2D eigenvalue weighted by molar-refractivity contribution is 0.249. The molecule has 4 nitrogen and oxygen atoms in total. The fourth-order valence-electron chi connectivity index (χ4n) is 0.298. The molecule has 0 bridgehead atoms. The maximum absolute atomic E-state index is 10.0. The standard InChI is InChI=1S/C7H9N3O/c1-3-6(2)4-5-9-10-7(8)11/h1,4-5H,2H3,(H3,8,10,11)/b6-4+,9-5+. The number of carbonyl (C=O) groups excluding carboxylic acids is 1. The average Bonchev–Trinajstić information content (AvgIpc) is 1.97. The fraction of sp³-hybridized carbons (Fsp3) is 0.143. The highest BCUT2D eigenvalue weighted by Gasteiger charge is 1.81. The molecule has 3 N–H and O–H groups in total. The van der Waals surface area contributed by atoms with Crippen LogP contribution in [0.1, 0.15) is 6.92 Å². The molecule has 2 amide bonds. The maximum atomic E-state index is 10.0. The molecular weight excluding hydrogens is 142 g/mol. The molecule has 0 unspecified atom stereocenters. The molecule has 0 aliphatic rings. The second-order valence-corrected chi connectivity index (χ2v) is 1.75. The predicted molar refractivity (Wildman–Crippen MR) is 43.8 cm³/mol. The Bertz CT molecular complexity index is 235. The van der Waals surface area contributed by atoms with E-state index in [0.29, 0.717) is 0 Å². The summed E-state index contributed by atoms with van der Waals surface area (Å²) in [5.74, 6) is 2.38. The van der Waals surface area contributed by atoms with E-state index in [0.717, 1.165) is 5.57 Å². The summed E-state index contributed by atoms with van der Waals surface area (Å²) in [5.41, 5.74) is 7.46. The zero-order chi connectivity index (χ0) is 8.69. The monoisotopic (exact) mass is 151 g/mol. The molecule has 0 aliphatic heterocycles. The quantitative estimate of drug-likeness (QED) is 0.331. The van der Waals surface area contributed by atoms with Crippen LogP contribution in [0.15, 0.2) is 16.8 Å². The van der Waals surface area contributed by atoms with Crippen molar-refractivity contribution in [3.63, 3.8) is 0 Å². The minimum absolute atomic E-state index is 0.701. The minimum Gasteiger partial charge on any atom is -0.350 e. The summed E-state index contributed by atoms with van der Waals surface area (Å²) in [7, 11) is 0. The van der Waals surface area contributed by atoms with Gasteiger partial charge in [-0.15, -0.1) is 6.42 Å². The lowest BCUT2D eigenvalue weighted by Crippen LogP contribution is -2.24. The van der Waals surface area contributed by atoms with Gasteiger partial charge in [-0.2, -0.15) is 5.10 Å². The third-order valence-electron chi connectivity index (χ3n) is 0.801. The molecular formula is C7H9N3O. The van der Waals surface area contributed by atoms with Gasteiger partial charge in [0.1, 0.15) is 0 Å². The first-order valence-corrected chi connectivity index (χ1v) is 2.89. The van der Waals surface area contributed by atoms with Gasteiger partial charge >= 0.3 is 6.03 Å². The molecule has 0 saturated carbocycles. The second-order valence-electron chi connectivity index (χ2n) is 1.75. The first-order chi connectivity index (χ1) is 5.16. The molecule has 58 valence electrons. The topological polar surface area (TPSA) is 67.5 Å². The molecule has 0 atom stereocenters. The Morgan fingerprint density at radius 3 is 2.91 bits per heavy atom. The molecule has 0 radical (unpaired) electrons. The van der Waals surface area contributed by atoms with Gasteiger partial charge in [-0.05, 0) is 13.0 Å². The van der Waals surface area contributed by atoms with E-state index in [-0.39, 0.29) is 0 Å². The van der Waals surface area contributed by atoms with Gasteiger partial charge in [-0.1, -0.05) is 5.92 Å². The number of amides is 2. The van der Waals surface area contributed by atoms with Crippen LogP contribution in [0.3, 0.4) is 0 Å². The number of allylic oxidation sites excluding steroid dienone is 2. The second kappa shape index (κ2) is 5.06. The highest BCUT2D eigenvalue weighted by molar-refractivity contribution is 5.77. The molecule has 0 aromatic carbocycles. The van der Waals surface area contributed by atoms with E-state index in [4.69, 9.17) is 12.2 Å². The van der Waals surface area contributed by atoms with Gasteiger partial charge in [0.2, 0.25) is 0 Å². The molecule has 0 fully saturated rings. The number of nitrogens with one attached hydrogen (secondary N) is 1. The number of primary amides is 1. The van der Waals surface area contributed by atoms with E-state index in [1.54, 1.807) is 13.0 Å². The summed E-state index contributed by atoms with van der Waals surface area (Å²) in [6.07, 6.45) is 7.96. The van der Waals surface area contributed by atoms with Crippen molar-refractivity contribution in [3.05, 3.63) is 11.6 Å². The van der Waals surface area contributed by atoms with Gasteiger partial charge in [0, 0.05) is 11.8 Å². The van der Waals surface area contributed by atoms with E-state index in [1.807, 2.05) is 5.43 Å². The van der Waals surface area contributed by atoms with Crippen molar-refractivity contribution in [2.75, 3.05) is 0 Å². The van der Waals surface area contributed by atoms with Crippen molar-refractivity contribution < 1.29 is 4.79 Å². The number of nitrogens with zero attached hydrogens (tertiary/aromatic N) is 1. The summed E-state index contributed by atoms with van der Waals surface area (Å²) in [6.45, 7) is 1.75. The summed E-state index contributed by atoms with van der Waals surface area (Å²) >= 11 is 0. The van der Waals surface area contributed by atoms with Gasteiger partial charge in [0.05, 0.1) is 0 Å². The molecule has 0 spiro atoms. The lowest BCUT2D eigenvalue weighted by Gasteiger charge is -1.87. The fourth-order valence-corrected chi connectivity index (χ4v) is 0.298. The predicted octanol–water partition coefficient (Wildman–Crippen LogP) is 0.220. The largest absolute Gasteiger partial charge is 0.350 e. The first kappa shape index (κ1) is 9.24. The molecule has 11 heavy (non-hydrogen) atoms. The van der Waals surface area contributed by atoms with E-state index in [1.165, 1.54) is 6.21 Å². The smallest absolute Gasteiger partial charge is 0.332 e. The molecule has 0 heterocycles. The van der Waals surface area contributed by atoms with Crippen molar-refractivity contribution in [3.8, 4) is 12.3 Å². The Morgan fingerprint density at radius 2 is 2.45 bits per heavy atom. The van der Waals surface area contributed by atoms with Crippen LogP contribution in [0.4, 0.5) is 4.79 Å². The number of nitrogens with two attached hydrogens (primary N) is 1. The molecule has 0 aromatic heterocycles. The van der Waals surface area contributed by atoms with Gasteiger partial charge in [0.25, 0.3) is 0 Å². The van der Waals surface area contributed by atoms with Crippen LogP contribution in [-0.2, 0) is 0 Å². The van der Waals surface area contributed by atoms with Gasteiger partial charge in [-0.25, -0.2) is 10.2 Å². The first-order valence-electron chi connectivity index (χ1n) is 2.89. The van der Waals surface area contributed by atoms with Crippen molar-refractivity contribution in [2.24, 2.45) is 10.8 Å². The van der Waals surface area contributed by atoms with Crippen molar-refractivity contribution in [1.82, 2.24) is 5.43 Å². The van der Waals surface area contributed by atoms with Gasteiger partial charge in [0.15, 0.2) is 0 Å². The number of carbonyl (C=O) groups is 1. The third kappa shape index (κ3) is 6.12. The van der Waals surface area contributed by atoms with Crippen LogP contribution in [0.5, 0.6) is 0 Å². The zero-order valence-electron chi connectivity index (χ0n) is 6.16.